The number of aromatic nitrogens is 2. The molecule has 4 saturated carbocycles. The second-order valence-electron chi connectivity index (χ2n) is 10.9. The highest BCUT2D eigenvalue weighted by atomic mass is 19.4. The maximum absolute atomic E-state index is 10.5. The molecule has 4 fully saturated rings. The number of nitrogens with zero attached hydrogens (tertiary/aromatic N) is 2. The normalized spacial score (nSPS) is 26.7. The third kappa shape index (κ3) is 9.10. The van der Waals surface area contributed by atoms with Gasteiger partial charge in [0.15, 0.2) is 11.9 Å². The van der Waals surface area contributed by atoms with E-state index in [1.54, 1.807) is 0 Å². The van der Waals surface area contributed by atoms with Crippen molar-refractivity contribution in [2.45, 2.75) is 81.6 Å². The molecule has 38 heavy (non-hydrogen) atoms. The van der Waals surface area contributed by atoms with Crippen LogP contribution in [0.5, 0.6) is 0 Å². The van der Waals surface area contributed by atoms with Crippen molar-refractivity contribution in [3.05, 3.63) is 11.7 Å². The quantitative estimate of drug-likeness (QED) is 0.344. The number of carbonyl (C=O) groups excluding carboxylic acids is 2. The van der Waals surface area contributed by atoms with Crippen LogP contribution in [-0.4, -0.2) is 55.1 Å². The Morgan fingerprint density at radius 3 is 1.76 bits per heavy atom. The predicted octanol–water partition coefficient (Wildman–Crippen LogP) is -0.268. The minimum atomic E-state index is -5.19. The lowest BCUT2D eigenvalue weighted by molar-refractivity contribution is -0.858. The molecule has 0 aliphatic heterocycles. The number of unbranched alkanes of at least 4 members (excludes halogenated alkanes) is 1. The molecule has 0 spiro atoms. The highest BCUT2D eigenvalue weighted by Gasteiger charge is 2.54. The van der Waals surface area contributed by atoms with Crippen LogP contribution in [0.25, 0.3) is 0 Å². The Balaban J connectivity index is 0.000000301. The highest BCUT2D eigenvalue weighted by Crippen LogP contribution is 2.60. The Morgan fingerprint density at radius 2 is 1.39 bits per heavy atom. The molecule has 4 N–H and O–H groups in total. The van der Waals surface area contributed by atoms with E-state index in [4.69, 9.17) is 29.3 Å². The number of rotatable bonds is 7. The lowest BCUT2D eigenvalue weighted by Crippen LogP contribution is -3.05. The number of halogens is 6. The molecule has 5 rings (SSSR count). The Bertz CT molecular complexity index is 875. The zero-order valence-electron chi connectivity index (χ0n) is 21.3. The third-order valence-corrected chi connectivity index (χ3v) is 7.25. The number of quaternary nitrogens is 2. The van der Waals surface area contributed by atoms with Crippen LogP contribution in [0.3, 0.4) is 0 Å². The summed E-state index contributed by atoms with van der Waals surface area (Å²) in [5.41, 5.74) is 4.52. The van der Waals surface area contributed by atoms with Gasteiger partial charge in [-0.25, -0.2) is 0 Å². The van der Waals surface area contributed by atoms with Crippen LogP contribution >= 0.6 is 0 Å². The number of aliphatic carboxylic acids is 2. The maximum Gasteiger partial charge on any atom is 0.430 e. The fraction of sp³-hybridized carbons (Fsp3) is 0.826. The van der Waals surface area contributed by atoms with Gasteiger partial charge >= 0.3 is 12.4 Å². The lowest BCUT2D eigenvalue weighted by atomic mass is 9.49. The molecular formula is C23H34F6N4O5. The summed E-state index contributed by atoms with van der Waals surface area (Å²) >= 11 is 0. The standard InChI is InChI=1S/C19H32N4O.2C2HF3O2/c1-23(2)6-4-3-5-16(20)17-21-18(22-24-17)19-10-13-7-14(11-19)9-15(8-13)12-19;2*3-2(4,5)1(6)7/h13-16H,3-12,20H2,1-2H3;2*(H,6,7)/t13?,14?,15?,16-,19?;;/m0../s1. The second kappa shape index (κ2) is 12.6. The molecule has 4 aliphatic rings. The van der Waals surface area contributed by atoms with E-state index < -0.39 is 24.3 Å². The van der Waals surface area contributed by atoms with E-state index in [0.717, 1.165) is 35.9 Å². The number of nitrogens with one attached hydrogen (secondary N) is 1. The van der Waals surface area contributed by atoms with E-state index >= 15 is 0 Å². The molecule has 15 heteroatoms. The molecule has 0 radical (unpaired) electrons. The summed E-state index contributed by atoms with van der Waals surface area (Å²) in [4.78, 5) is 23.9. The van der Waals surface area contributed by atoms with E-state index in [0.29, 0.717) is 0 Å². The van der Waals surface area contributed by atoms with Gasteiger partial charge in [-0.1, -0.05) is 5.16 Å². The zero-order valence-corrected chi connectivity index (χ0v) is 21.3. The van der Waals surface area contributed by atoms with Crippen molar-refractivity contribution >= 4 is 11.9 Å². The summed E-state index contributed by atoms with van der Waals surface area (Å²) in [7, 11) is 4.41. The molecule has 218 valence electrons. The van der Waals surface area contributed by atoms with Gasteiger partial charge in [0.05, 0.1) is 20.6 Å². The topological polar surface area (TPSA) is 151 Å². The maximum atomic E-state index is 10.5. The summed E-state index contributed by atoms with van der Waals surface area (Å²) in [5, 5.41) is 22.0. The highest BCUT2D eigenvalue weighted by molar-refractivity contribution is 5.71. The van der Waals surface area contributed by atoms with Crippen molar-refractivity contribution in [1.82, 2.24) is 10.1 Å². The largest absolute Gasteiger partial charge is 0.542 e. The third-order valence-electron chi connectivity index (χ3n) is 7.25. The Morgan fingerprint density at radius 1 is 0.974 bits per heavy atom. The number of carbonyl (C=O) groups is 2. The smallest absolute Gasteiger partial charge is 0.430 e. The number of alkyl halides is 6. The van der Waals surface area contributed by atoms with Crippen LogP contribution in [0.1, 0.15) is 75.5 Å². The van der Waals surface area contributed by atoms with Crippen molar-refractivity contribution in [2.24, 2.45) is 17.8 Å². The Kier molecular flexibility index (Phi) is 10.6. The number of carboxylic acid groups (broad SMARTS) is 2. The Hall–Kier alpha value is -2.42. The van der Waals surface area contributed by atoms with E-state index in [2.05, 4.69) is 25.0 Å². The van der Waals surface area contributed by atoms with Crippen LogP contribution in [0.15, 0.2) is 4.52 Å². The summed E-state index contributed by atoms with van der Waals surface area (Å²) in [6.45, 7) is 1.22. The predicted molar refractivity (Wildman–Crippen MR) is 113 cm³/mol. The van der Waals surface area contributed by atoms with Crippen LogP contribution in [0.4, 0.5) is 26.3 Å². The first-order valence-corrected chi connectivity index (χ1v) is 12.5. The van der Waals surface area contributed by atoms with E-state index in [1.165, 1.54) is 62.8 Å². The molecule has 1 aromatic rings. The summed E-state index contributed by atoms with van der Waals surface area (Å²) in [6.07, 6.45) is 1.35. The van der Waals surface area contributed by atoms with Gasteiger partial charge in [-0.3, -0.25) is 0 Å². The van der Waals surface area contributed by atoms with Crippen molar-refractivity contribution in [3.8, 4) is 0 Å². The van der Waals surface area contributed by atoms with Gasteiger partial charge in [-0.15, -0.1) is 0 Å². The Labute approximate surface area is 215 Å². The monoisotopic (exact) mass is 560 g/mol. The van der Waals surface area contributed by atoms with Crippen molar-refractivity contribution in [1.29, 1.82) is 0 Å². The molecule has 1 atom stereocenters. The molecule has 4 aliphatic carbocycles. The van der Waals surface area contributed by atoms with Gasteiger partial charge in [0.25, 0.3) is 5.89 Å². The van der Waals surface area contributed by atoms with Gasteiger partial charge in [-0.05, 0) is 69.1 Å². The molecular weight excluding hydrogens is 526 g/mol. The van der Waals surface area contributed by atoms with Crippen LogP contribution in [-0.2, 0) is 15.0 Å². The summed E-state index contributed by atoms with van der Waals surface area (Å²) < 4.78 is 68.8. The average molecular weight is 561 g/mol. The van der Waals surface area contributed by atoms with Crippen LogP contribution in [0.2, 0.25) is 0 Å². The van der Waals surface area contributed by atoms with Gasteiger partial charge in [0.2, 0.25) is 0 Å². The van der Waals surface area contributed by atoms with Crippen LogP contribution in [0, 0.1) is 17.8 Å². The summed E-state index contributed by atoms with van der Waals surface area (Å²) in [5.74, 6) is -1.47. The first kappa shape index (κ1) is 31.8. The number of hydrogen-bond acceptors (Lipinski definition) is 7. The molecule has 9 nitrogen and oxygen atoms in total. The zero-order chi connectivity index (χ0) is 28.9. The molecule has 0 amide bonds. The molecule has 1 heterocycles. The van der Waals surface area contributed by atoms with Gasteiger partial charge in [-0.2, -0.15) is 31.3 Å². The lowest BCUT2D eigenvalue weighted by Gasteiger charge is -2.55. The van der Waals surface area contributed by atoms with E-state index in [9.17, 15) is 26.3 Å². The minimum Gasteiger partial charge on any atom is -0.542 e. The van der Waals surface area contributed by atoms with E-state index in [-0.39, 0.29) is 11.5 Å². The number of hydrogen-bond donors (Lipinski definition) is 2. The molecule has 4 bridgehead atoms. The molecule has 1 aromatic heterocycles. The SMILES string of the molecule is C[NH+](C)CCCC[C@H]([NH3+])c1nc(C23CC4CC(CC(C4)C2)C3)no1.O=C([O-])C(F)(F)F.O=C([O-])C(F)(F)F. The van der Waals surface area contributed by atoms with Crippen LogP contribution < -0.4 is 20.8 Å². The summed E-state index contributed by atoms with van der Waals surface area (Å²) in [6, 6.07) is 0.150. The minimum absolute atomic E-state index is 0.150. The fourth-order valence-electron chi connectivity index (χ4n) is 5.99. The van der Waals surface area contributed by atoms with Crippen molar-refractivity contribution < 1.29 is 61.3 Å². The average Bonchev–Trinajstić information content (AvgIpc) is 3.26. The number of carboxylic acids is 2. The molecule has 0 unspecified atom stereocenters. The van der Waals surface area contributed by atoms with Gasteiger partial charge in [0, 0.05) is 11.8 Å². The van der Waals surface area contributed by atoms with Crippen molar-refractivity contribution in [3.63, 3.8) is 0 Å². The first-order chi connectivity index (χ1) is 17.4. The fourth-order valence-corrected chi connectivity index (χ4v) is 5.99. The second-order valence-corrected chi connectivity index (χ2v) is 10.9. The van der Waals surface area contributed by atoms with Gasteiger partial charge < -0.3 is 35.0 Å². The molecule has 0 saturated heterocycles. The first-order valence-electron chi connectivity index (χ1n) is 12.5. The van der Waals surface area contributed by atoms with Crippen molar-refractivity contribution in [2.75, 3.05) is 20.6 Å². The van der Waals surface area contributed by atoms with Gasteiger partial charge in [0.1, 0.15) is 11.9 Å². The molecule has 0 aromatic carbocycles. The van der Waals surface area contributed by atoms with E-state index in [1.807, 2.05) is 0 Å².